The minimum Gasteiger partial charge on any atom is -0.497 e. The SMILES string of the molecule is COc1ccc(CNC(=O)C2CCN(c3ccc(-c4cccnc4)nn3)CC2)cc1. The first-order valence-corrected chi connectivity index (χ1v) is 10.1. The largest absolute Gasteiger partial charge is 0.497 e. The molecule has 7 heteroatoms. The van der Waals surface area contributed by atoms with Gasteiger partial charge in [0, 0.05) is 43.5 Å². The lowest BCUT2D eigenvalue weighted by molar-refractivity contribution is -0.125. The number of aromatic nitrogens is 3. The van der Waals surface area contributed by atoms with Gasteiger partial charge in [0.2, 0.25) is 5.91 Å². The fraction of sp³-hybridized carbons (Fsp3) is 0.304. The van der Waals surface area contributed by atoms with Gasteiger partial charge < -0.3 is 15.0 Å². The third kappa shape index (κ3) is 4.74. The first kappa shape index (κ1) is 19.8. The Morgan fingerprint density at radius 1 is 1.10 bits per heavy atom. The van der Waals surface area contributed by atoms with Crippen molar-refractivity contribution in [3.05, 3.63) is 66.5 Å². The molecular weight excluding hydrogens is 378 g/mol. The Balaban J connectivity index is 1.27. The number of nitrogens with zero attached hydrogens (tertiary/aromatic N) is 4. The molecule has 1 N–H and O–H groups in total. The Bertz CT molecular complexity index is 953. The average Bonchev–Trinajstić information content (AvgIpc) is 2.83. The molecule has 30 heavy (non-hydrogen) atoms. The van der Waals surface area contributed by atoms with Gasteiger partial charge in [-0.15, -0.1) is 10.2 Å². The lowest BCUT2D eigenvalue weighted by atomic mass is 9.96. The van der Waals surface area contributed by atoms with E-state index in [9.17, 15) is 4.79 Å². The molecular formula is C23H25N5O2. The summed E-state index contributed by atoms with van der Waals surface area (Å²) in [6.07, 6.45) is 5.13. The van der Waals surface area contributed by atoms with Crippen LogP contribution in [0.4, 0.5) is 5.82 Å². The highest BCUT2D eigenvalue weighted by Crippen LogP contribution is 2.23. The van der Waals surface area contributed by atoms with Crippen molar-refractivity contribution < 1.29 is 9.53 Å². The lowest BCUT2D eigenvalue weighted by Crippen LogP contribution is -2.40. The number of hydrogen-bond donors (Lipinski definition) is 1. The lowest BCUT2D eigenvalue weighted by Gasteiger charge is -2.31. The monoisotopic (exact) mass is 403 g/mol. The first-order valence-electron chi connectivity index (χ1n) is 10.1. The minimum atomic E-state index is 0.0297. The van der Waals surface area contributed by atoms with E-state index in [1.54, 1.807) is 19.5 Å². The number of rotatable bonds is 6. The van der Waals surface area contributed by atoms with Gasteiger partial charge in [-0.2, -0.15) is 0 Å². The van der Waals surface area contributed by atoms with E-state index in [4.69, 9.17) is 4.74 Å². The molecule has 7 nitrogen and oxygen atoms in total. The Morgan fingerprint density at radius 3 is 2.53 bits per heavy atom. The van der Waals surface area contributed by atoms with Crippen LogP contribution >= 0.6 is 0 Å². The summed E-state index contributed by atoms with van der Waals surface area (Å²) in [5.74, 6) is 1.80. The van der Waals surface area contributed by atoms with Crippen LogP contribution in [0.5, 0.6) is 5.75 Å². The van der Waals surface area contributed by atoms with Gasteiger partial charge in [-0.05, 0) is 54.8 Å². The molecule has 0 aliphatic carbocycles. The van der Waals surface area contributed by atoms with E-state index in [0.717, 1.165) is 54.3 Å². The molecule has 3 heterocycles. The van der Waals surface area contributed by atoms with Crippen molar-refractivity contribution in [3.63, 3.8) is 0 Å². The summed E-state index contributed by atoms with van der Waals surface area (Å²) in [5.41, 5.74) is 2.81. The van der Waals surface area contributed by atoms with Crippen LogP contribution in [0.3, 0.4) is 0 Å². The molecule has 4 rings (SSSR count). The van der Waals surface area contributed by atoms with Crippen molar-refractivity contribution in [2.45, 2.75) is 19.4 Å². The number of benzene rings is 1. The molecule has 1 aromatic carbocycles. The number of carbonyl (C=O) groups excluding carboxylic acids is 1. The van der Waals surface area contributed by atoms with E-state index in [1.165, 1.54) is 0 Å². The predicted molar refractivity (Wildman–Crippen MR) is 115 cm³/mol. The summed E-state index contributed by atoms with van der Waals surface area (Å²) in [5, 5.41) is 11.8. The predicted octanol–water partition coefficient (Wildman–Crippen LogP) is 3.08. The Labute approximate surface area is 176 Å². The van der Waals surface area contributed by atoms with Crippen LogP contribution in [0.2, 0.25) is 0 Å². The first-order chi connectivity index (χ1) is 14.7. The van der Waals surface area contributed by atoms with Crippen molar-refractivity contribution in [3.8, 4) is 17.0 Å². The summed E-state index contributed by atoms with van der Waals surface area (Å²) < 4.78 is 5.16. The van der Waals surface area contributed by atoms with Crippen LogP contribution in [0.15, 0.2) is 60.9 Å². The Hall–Kier alpha value is -3.48. The molecule has 154 valence electrons. The molecule has 0 saturated carbocycles. The maximum absolute atomic E-state index is 12.6. The van der Waals surface area contributed by atoms with Crippen LogP contribution in [0.25, 0.3) is 11.3 Å². The molecule has 1 saturated heterocycles. The zero-order chi connectivity index (χ0) is 20.8. The molecule has 1 amide bonds. The van der Waals surface area contributed by atoms with Crippen molar-refractivity contribution in [2.24, 2.45) is 5.92 Å². The van der Waals surface area contributed by atoms with Gasteiger partial charge in [-0.3, -0.25) is 9.78 Å². The highest BCUT2D eigenvalue weighted by Gasteiger charge is 2.25. The second-order valence-electron chi connectivity index (χ2n) is 7.35. The van der Waals surface area contributed by atoms with Gasteiger partial charge in [-0.1, -0.05) is 12.1 Å². The topological polar surface area (TPSA) is 80.2 Å². The second kappa shape index (κ2) is 9.35. The van der Waals surface area contributed by atoms with Crippen molar-refractivity contribution in [1.82, 2.24) is 20.5 Å². The number of methoxy groups -OCH3 is 1. The van der Waals surface area contributed by atoms with Crippen LogP contribution in [-0.2, 0) is 11.3 Å². The van der Waals surface area contributed by atoms with Gasteiger partial charge in [-0.25, -0.2) is 0 Å². The minimum absolute atomic E-state index is 0.0297. The van der Waals surface area contributed by atoms with Crippen molar-refractivity contribution in [2.75, 3.05) is 25.1 Å². The van der Waals surface area contributed by atoms with Gasteiger partial charge in [0.15, 0.2) is 5.82 Å². The van der Waals surface area contributed by atoms with Gasteiger partial charge in [0.1, 0.15) is 5.75 Å². The quantitative estimate of drug-likeness (QED) is 0.681. The molecule has 2 aromatic heterocycles. The number of nitrogens with one attached hydrogen (secondary N) is 1. The summed E-state index contributed by atoms with van der Waals surface area (Å²) >= 11 is 0. The fourth-order valence-corrected chi connectivity index (χ4v) is 3.61. The van der Waals surface area contributed by atoms with E-state index in [0.29, 0.717) is 6.54 Å². The molecule has 1 fully saturated rings. The van der Waals surface area contributed by atoms with Crippen LogP contribution in [0, 0.1) is 5.92 Å². The van der Waals surface area contributed by atoms with Crippen molar-refractivity contribution >= 4 is 11.7 Å². The maximum Gasteiger partial charge on any atom is 0.223 e. The Kier molecular flexibility index (Phi) is 6.17. The van der Waals surface area contributed by atoms with Crippen LogP contribution in [-0.4, -0.2) is 41.3 Å². The van der Waals surface area contributed by atoms with E-state index in [-0.39, 0.29) is 11.8 Å². The summed E-state index contributed by atoms with van der Waals surface area (Å²) in [6.45, 7) is 2.12. The standard InChI is InChI=1S/C23H25N5O2/c1-30-20-6-4-17(5-7-20)15-25-23(29)18-10-13-28(14-11-18)22-9-8-21(26-27-22)19-3-2-12-24-16-19/h2-9,12,16,18H,10-11,13-15H2,1H3,(H,25,29). The smallest absolute Gasteiger partial charge is 0.223 e. The molecule has 0 atom stereocenters. The van der Waals surface area contributed by atoms with Crippen molar-refractivity contribution in [1.29, 1.82) is 0 Å². The number of hydrogen-bond acceptors (Lipinski definition) is 6. The molecule has 3 aromatic rings. The van der Waals surface area contributed by atoms with Gasteiger partial charge >= 0.3 is 0 Å². The van der Waals surface area contributed by atoms with E-state index >= 15 is 0 Å². The number of amides is 1. The Morgan fingerprint density at radius 2 is 1.90 bits per heavy atom. The number of ether oxygens (including phenoxy) is 1. The highest BCUT2D eigenvalue weighted by molar-refractivity contribution is 5.79. The van der Waals surface area contributed by atoms with Crippen LogP contribution in [0.1, 0.15) is 18.4 Å². The van der Waals surface area contributed by atoms with Gasteiger partial charge in [0.05, 0.1) is 12.8 Å². The van der Waals surface area contributed by atoms with Gasteiger partial charge in [0.25, 0.3) is 0 Å². The molecule has 0 unspecified atom stereocenters. The summed E-state index contributed by atoms with van der Waals surface area (Å²) in [6, 6.07) is 15.5. The fourth-order valence-electron chi connectivity index (χ4n) is 3.61. The average molecular weight is 403 g/mol. The summed E-state index contributed by atoms with van der Waals surface area (Å²) in [4.78, 5) is 18.9. The molecule has 1 aliphatic rings. The van der Waals surface area contributed by atoms with E-state index < -0.39 is 0 Å². The summed E-state index contributed by atoms with van der Waals surface area (Å²) in [7, 11) is 1.64. The third-order valence-electron chi connectivity index (χ3n) is 5.42. The van der Waals surface area contributed by atoms with E-state index in [1.807, 2.05) is 48.5 Å². The zero-order valence-electron chi connectivity index (χ0n) is 17.0. The number of pyridine rings is 1. The number of piperidine rings is 1. The van der Waals surface area contributed by atoms with E-state index in [2.05, 4.69) is 25.4 Å². The van der Waals surface area contributed by atoms with Crippen LogP contribution < -0.4 is 15.0 Å². The second-order valence-corrected chi connectivity index (χ2v) is 7.35. The normalized spacial score (nSPS) is 14.4. The number of carbonyl (C=O) groups is 1. The number of anilines is 1. The molecule has 0 bridgehead atoms. The molecule has 1 aliphatic heterocycles. The maximum atomic E-state index is 12.6. The molecule has 0 spiro atoms. The third-order valence-corrected chi connectivity index (χ3v) is 5.42. The zero-order valence-corrected chi connectivity index (χ0v) is 17.0. The highest BCUT2D eigenvalue weighted by atomic mass is 16.5. The molecule has 0 radical (unpaired) electrons.